The first-order valence-corrected chi connectivity index (χ1v) is 9.12. The molecule has 1 aromatic carbocycles. The molecule has 2 aliphatic heterocycles. The number of hydrogen-bond acceptors (Lipinski definition) is 3. The Kier molecular flexibility index (Phi) is 5.98. The molecule has 6 heteroatoms. The van der Waals surface area contributed by atoms with Crippen molar-refractivity contribution in [2.45, 2.75) is 37.8 Å². The quantitative estimate of drug-likeness (QED) is 0.907. The van der Waals surface area contributed by atoms with Crippen LogP contribution in [-0.4, -0.2) is 61.3 Å². The lowest BCUT2D eigenvalue weighted by Crippen LogP contribution is -2.50. The number of nitrogens with one attached hydrogen (secondary N) is 1. The molecule has 1 N–H and O–H groups in total. The minimum Gasteiger partial charge on any atom is -0.381 e. The number of urea groups is 1. The van der Waals surface area contributed by atoms with Crippen molar-refractivity contribution in [2.75, 3.05) is 38.6 Å². The highest BCUT2D eigenvalue weighted by Gasteiger charge is 2.29. The van der Waals surface area contributed by atoms with Gasteiger partial charge in [-0.1, -0.05) is 17.7 Å². The Balaban J connectivity index is 1.45. The average Bonchev–Trinajstić information content (AvgIpc) is 2.62. The van der Waals surface area contributed by atoms with Gasteiger partial charge in [0.15, 0.2) is 0 Å². The van der Waals surface area contributed by atoms with E-state index >= 15 is 0 Å². The lowest BCUT2D eigenvalue weighted by atomic mass is 9.99. The average molecular weight is 352 g/mol. The highest BCUT2D eigenvalue weighted by atomic mass is 35.5. The van der Waals surface area contributed by atoms with Crippen LogP contribution in [-0.2, 0) is 4.74 Å². The molecular formula is C18H26ClN3O2. The fraction of sp³-hybridized carbons (Fsp3) is 0.611. The SMILES string of the molecule is COC1CCN(C2CCN(C(=O)Nc3cccc(Cl)c3)CC2)CC1. The number of likely N-dealkylation sites (tertiary alicyclic amines) is 2. The maximum absolute atomic E-state index is 12.4. The second-order valence-corrected chi connectivity index (χ2v) is 7.07. The van der Waals surface area contributed by atoms with Crippen molar-refractivity contribution in [1.29, 1.82) is 0 Å². The number of carbonyl (C=O) groups is 1. The number of anilines is 1. The van der Waals surface area contributed by atoms with E-state index in [0.29, 0.717) is 17.2 Å². The molecule has 3 rings (SSSR count). The lowest BCUT2D eigenvalue weighted by Gasteiger charge is -2.41. The number of benzene rings is 1. The summed E-state index contributed by atoms with van der Waals surface area (Å²) in [4.78, 5) is 16.9. The molecule has 0 radical (unpaired) electrons. The van der Waals surface area contributed by atoms with E-state index < -0.39 is 0 Å². The summed E-state index contributed by atoms with van der Waals surface area (Å²) in [5.74, 6) is 0. The first-order valence-electron chi connectivity index (χ1n) is 8.74. The van der Waals surface area contributed by atoms with Gasteiger partial charge >= 0.3 is 6.03 Å². The molecule has 2 amide bonds. The van der Waals surface area contributed by atoms with Crippen molar-refractivity contribution in [3.05, 3.63) is 29.3 Å². The zero-order chi connectivity index (χ0) is 16.9. The molecule has 2 heterocycles. The summed E-state index contributed by atoms with van der Waals surface area (Å²) in [6.07, 6.45) is 4.74. The van der Waals surface area contributed by atoms with Gasteiger partial charge in [-0.05, 0) is 43.9 Å². The maximum Gasteiger partial charge on any atom is 0.321 e. The number of methoxy groups -OCH3 is 1. The molecule has 24 heavy (non-hydrogen) atoms. The number of rotatable bonds is 3. The highest BCUT2D eigenvalue weighted by Crippen LogP contribution is 2.23. The fourth-order valence-electron chi connectivity index (χ4n) is 3.68. The molecule has 0 aromatic heterocycles. The number of ether oxygens (including phenoxy) is 1. The topological polar surface area (TPSA) is 44.8 Å². The van der Waals surface area contributed by atoms with Crippen molar-refractivity contribution in [2.24, 2.45) is 0 Å². The van der Waals surface area contributed by atoms with Crippen LogP contribution in [0.5, 0.6) is 0 Å². The summed E-state index contributed by atoms with van der Waals surface area (Å²) < 4.78 is 5.44. The van der Waals surface area contributed by atoms with E-state index in [4.69, 9.17) is 16.3 Å². The van der Waals surface area contributed by atoms with Gasteiger partial charge in [-0.3, -0.25) is 0 Å². The molecule has 0 spiro atoms. The van der Waals surface area contributed by atoms with Gasteiger partial charge < -0.3 is 19.9 Å². The number of halogens is 1. The Bertz CT molecular complexity index is 553. The van der Waals surface area contributed by atoms with Crippen molar-refractivity contribution < 1.29 is 9.53 Å². The van der Waals surface area contributed by atoms with Crippen LogP contribution in [0, 0.1) is 0 Å². The van der Waals surface area contributed by atoms with Gasteiger partial charge in [-0.2, -0.15) is 0 Å². The third kappa shape index (κ3) is 4.41. The fourth-order valence-corrected chi connectivity index (χ4v) is 3.87. The van der Waals surface area contributed by atoms with Crippen molar-refractivity contribution in [3.63, 3.8) is 0 Å². The summed E-state index contributed by atoms with van der Waals surface area (Å²) >= 11 is 5.96. The van der Waals surface area contributed by atoms with Crippen LogP contribution in [0.25, 0.3) is 0 Å². The van der Waals surface area contributed by atoms with E-state index in [0.717, 1.165) is 57.5 Å². The van der Waals surface area contributed by atoms with E-state index in [1.165, 1.54) is 0 Å². The van der Waals surface area contributed by atoms with Crippen LogP contribution < -0.4 is 5.32 Å². The summed E-state index contributed by atoms with van der Waals surface area (Å²) in [5.41, 5.74) is 0.747. The van der Waals surface area contributed by atoms with Gasteiger partial charge in [0.25, 0.3) is 0 Å². The van der Waals surface area contributed by atoms with Crippen molar-refractivity contribution in [3.8, 4) is 0 Å². The van der Waals surface area contributed by atoms with E-state index in [-0.39, 0.29) is 6.03 Å². The largest absolute Gasteiger partial charge is 0.381 e. The van der Waals surface area contributed by atoms with E-state index in [9.17, 15) is 4.79 Å². The lowest BCUT2D eigenvalue weighted by molar-refractivity contribution is 0.0173. The summed E-state index contributed by atoms with van der Waals surface area (Å²) in [6, 6.07) is 7.83. The second-order valence-electron chi connectivity index (χ2n) is 6.63. The molecule has 132 valence electrons. The molecule has 0 saturated carbocycles. The van der Waals surface area contributed by atoms with Crippen LogP contribution >= 0.6 is 11.6 Å². The molecular weight excluding hydrogens is 326 g/mol. The summed E-state index contributed by atoms with van der Waals surface area (Å²) in [6.45, 7) is 3.83. The minimum absolute atomic E-state index is 0.0335. The third-order valence-corrected chi connectivity index (χ3v) is 5.39. The number of piperidine rings is 2. The Morgan fingerprint density at radius 1 is 1.17 bits per heavy atom. The maximum atomic E-state index is 12.4. The molecule has 0 unspecified atom stereocenters. The molecule has 0 aliphatic carbocycles. The minimum atomic E-state index is -0.0335. The van der Waals surface area contributed by atoms with E-state index in [1.54, 1.807) is 19.2 Å². The molecule has 0 atom stereocenters. The van der Waals surface area contributed by atoms with E-state index in [1.807, 2.05) is 17.0 Å². The number of carbonyl (C=O) groups excluding carboxylic acids is 1. The first-order chi connectivity index (χ1) is 11.7. The molecule has 2 fully saturated rings. The Morgan fingerprint density at radius 3 is 2.50 bits per heavy atom. The molecule has 0 bridgehead atoms. The second kappa shape index (κ2) is 8.19. The van der Waals surface area contributed by atoms with E-state index in [2.05, 4.69) is 10.2 Å². The predicted octanol–water partition coefficient (Wildman–Crippen LogP) is 3.45. The van der Waals surface area contributed by atoms with Gasteiger partial charge in [0.1, 0.15) is 0 Å². The zero-order valence-corrected chi connectivity index (χ0v) is 15.0. The van der Waals surface area contributed by atoms with Crippen LogP contribution in [0.1, 0.15) is 25.7 Å². The molecule has 2 aliphatic rings. The van der Waals surface area contributed by atoms with Gasteiger partial charge in [0.2, 0.25) is 0 Å². The molecule has 2 saturated heterocycles. The standard InChI is InChI=1S/C18H26ClN3O2/c1-24-17-7-11-21(12-8-17)16-5-9-22(10-6-16)18(23)20-15-4-2-3-14(19)13-15/h2-4,13,16-17H,5-12H2,1H3,(H,20,23). The number of amides is 2. The normalized spacial score (nSPS) is 21.0. The number of hydrogen-bond donors (Lipinski definition) is 1. The Hall–Kier alpha value is -1.30. The van der Waals surface area contributed by atoms with Crippen molar-refractivity contribution >= 4 is 23.3 Å². The van der Waals surface area contributed by atoms with Gasteiger partial charge in [-0.25, -0.2) is 4.79 Å². The predicted molar refractivity (Wildman–Crippen MR) is 96.7 cm³/mol. The Morgan fingerprint density at radius 2 is 1.88 bits per heavy atom. The van der Waals surface area contributed by atoms with Gasteiger partial charge in [0.05, 0.1) is 6.10 Å². The smallest absolute Gasteiger partial charge is 0.321 e. The first kappa shape index (κ1) is 17.5. The Labute approximate surface area is 148 Å². The van der Waals surface area contributed by atoms with Crippen molar-refractivity contribution in [1.82, 2.24) is 9.80 Å². The zero-order valence-electron chi connectivity index (χ0n) is 14.2. The van der Waals surface area contributed by atoms with Crippen LogP contribution in [0.4, 0.5) is 10.5 Å². The van der Waals surface area contributed by atoms with Crippen LogP contribution in [0.2, 0.25) is 5.02 Å². The van der Waals surface area contributed by atoms with Crippen LogP contribution in [0.15, 0.2) is 24.3 Å². The third-order valence-electron chi connectivity index (χ3n) is 5.15. The van der Waals surface area contributed by atoms with Crippen LogP contribution in [0.3, 0.4) is 0 Å². The number of nitrogens with zero attached hydrogens (tertiary/aromatic N) is 2. The molecule has 5 nitrogen and oxygen atoms in total. The van der Waals surface area contributed by atoms with Gasteiger partial charge in [-0.15, -0.1) is 0 Å². The molecule has 1 aromatic rings. The summed E-state index contributed by atoms with van der Waals surface area (Å²) in [7, 11) is 1.80. The summed E-state index contributed by atoms with van der Waals surface area (Å²) in [5, 5.41) is 3.56. The monoisotopic (exact) mass is 351 g/mol. The van der Waals surface area contributed by atoms with Gasteiger partial charge in [0, 0.05) is 50.0 Å². The highest BCUT2D eigenvalue weighted by molar-refractivity contribution is 6.30.